The first-order valence-electron chi connectivity index (χ1n) is 7.42. The van der Waals surface area contributed by atoms with E-state index in [2.05, 4.69) is 12.2 Å². The lowest BCUT2D eigenvalue weighted by atomic mass is 10.2. The van der Waals surface area contributed by atoms with Gasteiger partial charge in [-0.1, -0.05) is 19.1 Å². The summed E-state index contributed by atoms with van der Waals surface area (Å²) >= 11 is 1.62. The third-order valence-electron chi connectivity index (χ3n) is 3.57. The van der Waals surface area contributed by atoms with Crippen molar-refractivity contribution in [1.29, 1.82) is 0 Å². The van der Waals surface area contributed by atoms with Crippen molar-refractivity contribution in [3.8, 4) is 5.75 Å². The Kier molecular flexibility index (Phi) is 4.25. The van der Waals surface area contributed by atoms with Crippen LogP contribution in [0.5, 0.6) is 5.75 Å². The maximum Gasteiger partial charge on any atom is 0.265 e. The second-order valence-corrected chi connectivity index (χ2v) is 6.35. The summed E-state index contributed by atoms with van der Waals surface area (Å²) in [6.07, 6.45) is 4.38. The van der Waals surface area contributed by atoms with E-state index in [-0.39, 0.29) is 5.91 Å². The number of carbonyl (C=O) groups excluding carboxylic acids is 1. The molecule has 0 saturated carbocycles. The quantitative estimate of drug-likeness (QED) is 0.895. The molecule has 3 rings (SSSR count). The number of anilines is 1. The van der Waals surface area contributed by atoms with Crippen LogP contribution in [0.3, 0.4) is 0 Å². The molecule has 1 heterocycles. The molecule has 0 aliphatic heterocycles. The van der Waals surface area contributed by atoms with E-state index >= 15 is 0 Å². The number of para-hydroxylation sites is 2. The van der Waals surface area contributed by atoms with Crippen LogP contribution in [-0.2, 0) is 12.8 Å². The Balaban J connectivity index is 1.74. The minimum Gasteiger partial charge on any atom is -0.491 e. The number of ether oxygens (including phenoxy) is 1. The fraction of sp³-hybridized carbons (Fsp3) is 0.353. The number of hydrogen-bond acceptors (Lipinski definition) is 3. The normalized spacial score (nSPS) is 13.0. The third kappa shape index (κ3) is 3.10. The number of amides is 1. The number of thiophene rings is 1. The van der Waals surface area contributed by atoms with Crippen molar-refractivity contribution in [3.63, 3.8) is 0 Å². The molecule has 0 spiro atoms. The summed E-state index contributed by atoms with van der Waals surface area (Å²) in [6, 6.07) is 9.63. The maximum atomic E-state index is 12.4. The summed E-state index contributed by atoms with van der Waals surface area (Å²) < 4.78 is 5.67. The highest BCUT2D eigenvalue weighted by atomic mass is 32.1. The van der Waals surface area contributed by atoms with Gasteiger partial charge in [0.1, 0.15) is 5.75 Å². The third-order valence-corrected chi connectivity index (χ3v) is 4.80. The van der Waals surface area contributed by atoms with Crippen LogP contribution in [0.2, 0.25) is 0 Å². The molecule has 0 fully saturated rings. The Labute approximate surface area is 129 Å². The van der Waals surface area contributed by atoms with Gasteiger partial charge in [0.25, 0.3) is 5.91 Å². The predicted molar refractivity (Wildman–Crippen MR) is 86.5 cm³/mol. The summed E-state index contributed by atoms with van der Waals surface area (Å²) in [5, 5.41) is 2.97. The van der Waals surface area contributed by atoms with Crippen LogP contribution >= 0.6 is 11.3 Å². The minimum atomic E-state index is -0.0399. The van der Waals surface area contributed by atoms with Gasteiger partial charge in [0.05, 0.1) is 17.2 Å². The van der Waals surface area contributed by atoms with Gasteiger partial charge in [0, 0.05) is 4.88 Å². The molecule has 21 heavy (non-hydrogen) atoms. The molecular formula is C17H19NO2S. The number of benzene rings is 1. The molecule has 1 aromatic heterocycles. The molecule has 0 bridgehead atoms. The van der Waals surface area contributed by atoms with Crippen molar-refractivity contribution in [2.45, 2.75) is 32.6 Å². The topological polar surface area (TPSA) is 38.3 Å². The van der Waals surface area contributed by atoms with E-state index in [0.29, 0.717) is 6.61 Å². The van der Waals surface area contributed by atoms with Crippen molar-refractivity contribution in [2.24, 2.45) is 0 Å². The lowest BCUT2D eigenvalue weighted by molar-refractivity contribution is 0.103. The number of hydrogen-bond donors (Lipinski definition) is 1. The second kappa shape index (κ2) is 6.31. The van der Waals surface area contributed by atoms with E-state index in [1.54, 1.807) is 11.3 Å². The Bertz CT molecular complexity index is 626. The van der Waals surface area contributed by atoms with Crippen molar-refractivity contribution in [3.05, 3.63) is 45.6 Å². The number of aryl methyl sites for hydroxylation is 2. The van der Waals surface area contributed by atoms with Crippen molar-refractivity contribution < 1.29 is 9.53 Å². The van der Waals surface area contributed by atoms with Crippen molar-refractivity contribution in [1.82, 2.24) is 0 Å². The van der Waals surface area contributed by atoms with Gasteiger partial charge >= 0.3 is 0 Å². The first kappa shape index (κ1) is 14.1. The fourth-order valence-electron chi connectivity index (χ4n) is 2.53. The fourth-order valence-corrected chi connectivity index (χ4v) is 3.68. The Morgan fingerprint density at radius 3 is 3.00 bits per heavy atom. The van der Waals surface area contributed by atoms with Crippen LogP contribution in [0.4, 0.5) is 5.69 Å². The van der Waals surface area contributed by atoms with E-state index in [1.807, 2.05) is 30.3 Å². The standard InChI is InChI=1S/C17H19NO2S/c1-2-10-20-14-8-4-3-7-13(14)18-17(19)16-11-12-6-5-9-15(12)21-16/h3-4,7-8,11H,2,5-6,9-10H2,1H3,(H,18,19). The molecule has 110 valence electrons. The molecule has 0 atom stereocenters. The van der Waals surface area contributed by atoms with Gasteiger partial charge < -0.3 is 10.1 Å². The summed E-state index contributed by atoms with van der Waals surface area (Å²) in [7, 11) is 0. The average molecular weight is 301 g/mol. The largest absolute Gasteiger partial charge is 0.491 e. The van der Waals surface area contributed by atoms with Gasteiger partial charge in [0.2, 0.25) is 0 Å². The summed E-state index contributed by atoms with van der Waals surface area (Å²) in [5.74, 6) is 0.693. The highest BCUT2D eigenvalue weighted by Crippen LogP contribution is 2.32. The summed E-state index contributed by atoms with van der Waals surface area (Å²) in [6.45, 7) is 2.72. The van der Waals surface area contributed by atoms with E-state index in [0.717, 1.165) is 35.6 Å². The van der Waals surface area contributed by atoms with Crippen LogP contribution in [0.1, 0.15) is 39.9 Å². The summed E-state index contributed by atoms with van der Waals surface area (Å²) in [5.41, 5.74) is 2.09. The molecule has 3 nitrogen and oxygen atoms in total. The SMILES string of the molecule is CCCOc1ccccc1NC(=O)c1cc2c(s1)CCC2. The highest BCUT2D eigenvalue weighted by molar-refractivity contribution is 7.14. The van der Waals surface area contributed by atoms with Gasteiger partial charge in [-0.15, -0.1) is 11.3 Å². The lowest BCUT2D eigenvalue weighted by Gasteiger charge is -2.11. The highest BCUT2D eigenvalue weighted by Gasteiger charge is 2.19. The van der Waals surface area contributed by atoms with Crippen LogP contribution in [0.15, 0.2) is 30.3 Å². The first-order chi connectivity index (χ1) is 10.3. The Hall–Kier alpha value is -1.81. The number of rotatable bonds is 5. The van der Waals surface area contributed by atoms with E-state index in [1.165, 1.54) is 16.9 Å². The molecule has 1 aromatic carbocycles. The smallest absolute Gasteiger partial charge is 0.265 e. The van der Waals surface area contributed by atoms with Gasteiger partial charge in [-0.2, -0.15) is 0 Å². The van der Waals surface area contributed by atoms with Crippen molar-refractivity contribution >= 4 is 22.9 Å². The molecular weight excluding hydrogens is 282 g/mol. The van der Waals surface area contributed by atoms with E-state index in [4.69, 9.17) is 4.74 Å². The number of nitrogens with one attached hydrogen (secondary N) is 1. The Morgan fingerprint density at radius 1 is 1.33 bits per heavy atom. The van der Waals surface area contributed by atoms with E-state index < -0.39 is 0 Å². The molecule has 1 amide bonds. The first-order valence-corrected chi connectivity index (χ1v) is 8.24. The van der Waals surface area contributed by atoms with Gasteiger partial charge in [-0.05, 0) is 49.4 Å². The van der Waals surface area contributed by atoms with Gasteiger partial charge in [-0.25, -0.2) is 0 Å². The molecule has 1 aliphatic carbocycles. The maximum absolute atomic E-state index is 12.4. The molecule has 0 saturated heterocycles. The molecule has 0 unspecified atom stereocenters. The Morgan fingerprint density at radius 2 is 2.19 bits per heavy atom. The molecule has 4 heteroatoms. The molecule has 2 aromatic rings. The second-order valence-electron chi connectivity index (χ2n) is 5.21. The molecule has 1 aliphatic rings. The zero-order valence-electron chi connectivity index (χ0n) is 12.1. The zero-order valence-corrected chi connectivity index (χ0v) is 13.0. The minimum absolute atomic E-state index is 0.0399. The summed E-state index contributed by atoms with van der Waals surface area (Å²) in [4.78, 5) is 14.6. The van der Waals surface area contributed by atoms with Gasteiger partial charge in [0.15, 0.2) is 0 Å². The van der Waals surface area contributed by atoms with Crippen LogP contribution in [-0.4, -0.2) is 12.5 Å². The van der Waals surface area contributed by atoms with E-state index in [9.17, 15) is 4.79 Å². The lowest BCUT2D eigenvalue weighted by Crippen LogP contribution is -2.11. The molecule has 0 radical (unpaired) electrons. The van der Waals surface area contributed by atoms with Crippen LogP contribution in [0.25, 0.3) is 0 Å². The van der Waals surface area contributed by atoms with Crippen LogP contribution in [0, 0.1) is 0 Å². The zero-order chi connectivity index (χ0) is 14.7. The van der Waals surface area contributed by atoms with Crippen molar-refractivity contribution in [2.75, 3.05) is 11.9 Å². The average Bonchev–Trinajstić information content (AvgIpc) is 3.07. The monoisotopic (exact) mass is 301 g/mol. The van der Waals surface area contributed by atoms with Crippen LogP contribution < -0.4 is 10.1 Å². The molecule has 1 N–H and O–H groups in total. The number of carbonyl (C=O) groups is 1. The number of fused-ring (bicyclic) bond motifs is 1. The van der Waals surface area contributed by atoms with Gasteiger partial charge in [-0.3, -0.25) is 4.79 Å². The predicted octanol–water partition coefficient (Wildman–Crippen LogP) is 4.28.